The maximum atomic E-state index is 10.2. The van der Waals surface area contributed by atoms with Gasteiger partial charge in [0.05, 0.1) is 11.7 Å². The zero-order chi connectivity index (χ0) is 13.7. The lowest BCUT2D eigenvalue weighted by atomic mass is 10.2. The van der Waals surface area contributed by atoms with Gasteiger partial charge in [0.2, 0.25) is 0 Å². The third-order valence-electron chi connectivity index (χ3n) is 3.36. The Bertz CT molecular complexity index is 400. The van der Waals surface area contributed by atoms with Crippen molar-refractivity contribution in [2.45, 2.75) is 25.4 Å². The molecule has 2 N–H and O–H groups in total. The van der Waals surface area contributed by atoms with Crippen LogP contribution in [0.1, 0.15) is 29.6 Å². The van der Waals surface area contributed by atoms with Crippen LogP contribution >= 0.6 is 0 Å². The van der Waals surface area contributed by atoms with Crippen molar-refractivity contribution in [1.82, 2.24) is 0 Å². The Morgan fingerprint density at radius 1 is 1.26 bits per heavy atom. The number of hydrogen-bond donors (Lipinski definition) is 2. The van der Waals surface area contributed by atoms with Crippen molar-refractivity contribution in [2.75, 3.05) is 13.2 Å². The Morgan fingerprint density at radius 2 is 1.95 bits per heavy atom. The predicted octanol–water partition coefficient (Wildman–Crippen LogP) is 2.18. The van der Waals surface area contributed by atoms with Gasteiger partial charge in [-0.25, -0.2) is 4.79 Å². The van der Waals surface area contributed by atoms with Gasteiger partial charge in [0.1, 0.15) is 0 Å². The molecule has 0 aliphatic heterocycles. The second kappa shape index (κ2) is 6.68. The molecule has 19 heavy (non-hydrogen) atoms. The Kier molecular flexibility index (Phi) is 4.93. The summed E-state index contributed by atoms with van der Waals surface area (Å²) in [6.07, 6.45) is 4.21. The Balaban J connectivity index is 0.000000141. The number of carboxylic acids is 1. The van der Waals surface area contributed by atoms with E-state index in [9.17, 15) is 4.79 Å². The quantitative estimate of drug-likeness (QED) is 0.855. The van der Waals surface area contributed by atoms with E-state index >= 15 is 0 Å². The molecule has 0 saturated heterocycles. The summed E-state index contributed by atoms with van der Waals surface area (Å²) in [5.74, 6) is 0.453. The Labute approximate surface area is 113 Å². The number of aromatic carboxylic acids is 1. The topological polar surface area (TPSA) is 66.8 Å². The third kappa shape index (κ3) is 5.01. The average molecular weight is 264 g/mol. The Hall–Kier alpha value is -1.39. The molecule has 2 fully saturated rings. The molecule has 2 atom stereocenters. The van der Waals surface area contributed by atoms with Crippen LogP contribution in [-0.4, -0.2) is 35.5 Å². The van der Waals surface area contributed by atoms with Gasteiger partial charge in [-0.05, 0) is 37.3 Å². The van der Waals surface area contributed by atoms with E-state index in [-0.39, 0.29) is 0 Å². The average Bonchev–Trinajstić information content (AvgIpc) is 3.32. The first-order valence-corrected chi connectivity index (χ1v) is 6.71. The molecule has 0 aromatic heterocycles. The van der Waals surface area contributed by atoms with E-state index in [2.05, 4.69) is 0 Å². The number of rotatable bonds is 5. The van der Waals surface area contributed by atoms with E-state index in [1.807, 2.05) is 0 Å². The van der Waals surface area contributed by atoms with Crippen LogP contribution in [0.15, 0.2) is 30.3 Å². The lowest BCUT2D eigenvalue weighted by Crippen LogP contribution is -2.02. The van der Waals surface area contributed by atoms with Crippen LogP contribution in [0, 0.1) is 11.8 Å². The summed E-state index contributed by atoms with van der Waals surface area (Å²) in [4.78, 5) is 10.2. The highest BCUT2D eigenvalue weighted by Crippen LogP contribution is 2.36. The number of aliphatic hydroxyl groups excluding tert-OH is 1. The largest absolute Gasteiger partial charge is 0.478 e. The van der Waals surface area contributed by atoms with E-state index < -0.39 is 5.97 Å². The molecule has 104 valence electrons. The van der Waals surface area contributed by atoms with Crippen molar-refractivity contribution in [3.63, 3.8) is 0 Å². The number of carbonyl (C=O) groups is 1. The molecule has 0 amide bonds. The lowest BCUT2D eigenvalue weighted by molar-refractivity contribution is 0.0697. The van der Waals surface area contributed by atoms with Gasteiger partial charge in [-0.2, -0.15) is 0 Å². The highest BCUT2D eigenvalue weighted by molar-refractivity contribution is 5.87. The van der Waals surface area contributed by atoms with Crippen LogP contribution in [0.25, 0.3) is 0 Å². The molecule has 0 spiro atoms. The minimum Gasteiger partial charge on any atom is -0.478 e. The zero-order valence-corrected chi connectivity index (χ0v) is 10.9. The van der Waals surface area contributed by atoms with Crippen LogP contribution in [0.3, 0.4) is 0 Å². The molecule has 2 aliphatic carbocycles. The van der Waals surface area contributed by atoms with Crippen molar-refractivity contribution in [1.29, 1.82) is 0 Å². The molecule has 1 aromatic rings. The van der Waals surface area contributed by atoms with Crippen molar-refractivity contribution < 1.29 is 19.7 Å². The van der Waals surface area contributed by atoms with Gasteiger partial charge in [-0.15, -0.1) is 0 Å². The fraction of sp³-hybridized carbons (Fsp3) is 0.533. The summed E-state index contributed by atoms with van der Waals surface area (Å²) >= 11 is 0. The summed E-state index contributed by atoms with van der Waals surface area (Å²) in [7, 11) is 0. The number of carboxylic acid groups (broad SMARTS) is 1. The number of hydrogen-bond acceptors (Lipinski definition) is 3. The molecule has 3 rings (SSSR count). The minimum absolute atomic E-state index is 0.315. The molecule has 4 heteroatoms. The van der Waals surface area contributed by atoms with Crippen LogP contribution in [0.4, 0.5) is 0 Å². The molecular weight excluding hydrogens is 244 g/mol. The molecular formula is C15H20O4. The first kappa shape index (κ1) is 14.0. The molecule has 0 bridgehead atoms. The highest BCUT2D eigenvalue weighted by atomic mass is 16.5. The summed E-state index contributed by atoms with van der Waals surface area (Å²) in [6, 6.07) is 8.30. The van der Waals surface area contributed by atoms with E-state index in [1.165, 1.54) is 12.8 Å². The molecule has 1 aromatic carbocycles. The highest BCUT2D eigenvalue weighted by Gasteiger charge is 2.38. The zero-order valence-electron chi connectivity index (χ0n) is 10.9. The molecule has 2 aliphatic rings. The van der Waals surface area contributed by atoms with Crippen molar-refractivity contribution in [3.8, 4) is 0 Å². The SMILES string of the molecule is O=C(O)c1ccccc1.OCC1CC1OCC1CC1. The molecule has 0 heterocycles. The van der Waals surface area contributed by atoms with Gasteiger partial charge in [-0.1, -0.05) is 18.2 Å². The molecule has 0 radical (unpaired) electrons. The second-order valence-corrected chi connectivity index (χ2v) is 5.16. The van der Waals surface area contributed by atoms with Crippen LogP contribution < -0.4 is 0 Å². The van der Waals surface area contributed by atoms with Crippen LogP contribution in [-0.2, 0) is 4.74 Å². The Morgan fingerprint density at radius 3 is 2.37 bits per heavy atom. The molecule has 4 nitrogen and oxygen atoms in total. The maximum Gasteiger partial charge on any atom is 0.335 e. The smallest absolute Gasteiger partial charge is 0.335 e. The van der Waals surface area contributed by atoms with Crippen LogP contribution in [0.2, 0.25) is 0 Å². The summed E-state index contributed by atoms with van der Waals surface area (Å²) in [5.41, 5.74) is 0.331. The lowest BCUT2D eigenvalue weighted by Gasteiger charge is -1.98. The number of aliphatic hydroxyl groups is 1. The number of benzene rings is 1. The van der Waals surface area contributed by atoms with Gasteiger partial charge in [-0.3, -0.25) is 0 Å². The van der Waals surface area contributed by atoms with Crippen molar-refractivity contribution >= 4 is 5.97 Å². The first-order valence-electron chi connectivity index (χ1n) is 6.71. The van der Waals surface area contributed by atoms with Gasteiger partial charge >= 0.3 is 5.97 Å². The fourth-order valence-corrected chi connectivity index (χ4v) is 1.74. The third-order valence-corrected chi connectivity index (χ3v) is 3.36. The van der Waals surface area contributed by atoms with Crippen molar-refractivity contribution in [2.24, 2.45) is 11.8 Å². The summed E-state index contributed by atoms with van der Waals surface area (Å²) in [5, 5.41) is 17.1. The monoisotopic (exact) mass is 264 g/mol. The normalized spacial score (nSPS) is 24.3. The first-order chi connectivity index (χ1) is 9.20. The standard InChI is InChI=1S/C8H14O2.C7H6O2/c9-4-7-3-8(7)10-5-6-1-2-6;8-7(9)6-4-2-1-3-5-6/h6-9H,1-5H2;1-5H,(H,8,9). The van der Waals surface area contributed by atoms with E-state index in [1.54, 1.807) is 30.3 Å². The van der Waals surface area contributed by atoms with Gasteiger partial charge in [0.15, 0.2) is 0 Å². The van der Waals surface area contributed by atoms with Crippen molar-refractivity contribution in [3.05, 3.63) is 35.9 Å². The maximum absolute atomic E-state index is 10.2. The van der Waals surface area contributed by atoms with E-state index in [0.29, 0.717) is 24.2 Å². The number of ether oxygens (including phenoxy) is 1. The predicted molar refractivity (Wildman–Crippen MR) is 71.1 cm³/mol. The fourth-order valence-electron chi connectivity index (χ4n) is 1.74. The second-order valence-electron chi connectivity index (χ2n) is 5.16. The van der Waals surface area contributed by atoms with E-state index in [0.717, 1.165) is 18.9 Å². The summed E-state index contributed by atoms with van der Waals surface area (Å²) < 4.78 is 5.52. The van der Waals surface area contributed by atoms with Crippen LogP contribution in [0.5, 0.6) is 0 Å². The van der Waals surface area contributed by atoms with E-state index in [4.69, 9.17) is 14.9 Å². The van der Waals surface area contributed by atoms with Gasteiger partial charge < -0.3 is 14.9 Å². The molecule has 2 saturated carbocycles. The minimum atomic E-state index is -0.879. The summed E-state index contributed by atoms with van der Waals surface area (Å²) in [6.45, 7) is 1.26. The molecule has 2 unspecified atom stereocenters. The van der Waals surface area contributed by atoms with Gasteiger partial charge in [0, 0.05) is 19.1 Å². The van der Waals surface area contributed by atoms with Gasteiger partial charge in [0.25, 0.3) is 0 Å².